The lowest BCUT2D eigenvalue weighted by molar-refractivity contribution is 0.0809. The van der Waals surface area contributed by atoms with Gasteiger partial charge in [-0.2, -0.15) is 5.26 Å². The molecule has 0 heterocycles. The standard InChI is InChI=1S/C17H31N3O/c1-4-9-19-17(13-18)8-7-16(12-17)20(10-11-21-3)14(2)15-5-6-15/h14-16,19H,4-12H2,1-3H3. The molecule has 2 rings (SSSR count). The average Bonchev–Trinajstić information content (AvgIpc) is 3.27. The van der Waals surface area contributed by atoms with Crippen LogP contribution in [-0.2, 0) is 4.74 Å². The number of rotatable bonds is 9. The molecule has 1 N–H and O–H groups in total. The highest BCUT2D eigenvalue weighted by atomic mass is 16.5. The molecular weight excluding hydrogens is 262 g/mol. The second kappa shape index (κ2) is 7.58. The fourth-order valence-corrected chi connectivity index (χ4v) is 3.73. The lowest BCUT2D eigenvalue weighted by atomic mass is 9.98. The number of nitrogens with zero attached hydrogens (tertiary/aromatic N) is 2. The molecule has 0 aliphatic heterocycles. The predicted molar refractivity (Wildman–Crippen MR) is 85.0 cm³/mol. The highest BCUT2D eigenvalue weighted by molar-refractivity contribution is 5.13. The molecule has 21 heavy (non-hydrogen) atoms. The molecule has 2 aliphatic rings. The Morgan fingerprint density at radius 2 is 2.19 bits per heavy atom. The fraction of sp³-hybridized carbons (Fsp3) is 0.941. The smallest absolute Gasteiger partial charge is 0.108 e. The Bertz CT molecular complexity index is 364. The van der Waals surface area contributed by atoms with E-state index in [2.05, 4.69) is 30.1 Å². The quantitative estimate of drug-likeness (QED) is 0.710. The van der Waals surface area contributed by atoms with Crippen LogP contribution in [0.5, 0.6) is 0 Å². The van der Waals surface area contributed by atoms with Crippen LogP contribution < -0.4 is 5.32 Å². The second-order valence-electron chi connectivity index (χ2n) is 6.83. The van der Waals surface area contributed by atoms with Crippen LogP contribution in [0.1, 0.15) is 52.4 Å². The summed E-state index contributed by atoms with van der Waals surface area (Å²) in [5.41, 5.74) is -0.296. The average molecular weight is 293 g/mol. The van der Waals surface area contributed by atoms with Crippen molar-refractivity contribution >= 4 is 0 Å². The summed E-state index contributed by atoms with van der Waals surface area (Å²) in [5.74, 6) is 0.863. The van der Waals surface area contributed by atoms with Crippen LogP contribution in [0, 0.1) is 17.2 Å². The second-order valence-corrected chi connectivity index (χ2v) is 6.83. The van der Waals surface area contributed by atoms with E-state index in [0.717, 1.165) is 51.3 Å². The van der Waals surface area contributed by atoms with Crippen molar-refractivity contribution < 1.29 is 4.74 Å². The molecule has 2 aliphatic carbocycles. The summed E-state index contributed by atoms with van der Waals surface area (Å²) in [5, 5.41) is 13.1. The van der Waals surface area contributed by atoms with Crippen LogP contribution in [0.25, 0.3) is 0 Å². The van der Waals surface area contributed by atoms with E-state index in [1.165, 1.54) is 12.8 Å². The minimum absolute atomic E-state index is 0.296. The van der Waals surface area contributed by atoms with E-state index in [-0.39, 0.29) is 5.54 Å². The van der Waals surface area contributed by atoms with Crippen molar-refractivity contribution in [1.82, 2.24) is 10.2 Å². The van der Waals surface area contributed by atoms with E-state index >= 15 is 0 Å². The van der Waals surface area contributed by atoms with Crippen LogP contribution in [-0.4, -0.2) is 49.3 Å². The topological polar surface area (TPSA) is 48.3 Å². The maximum absolute atomic E-state index is 9.62. The molecular formula is C17H31N3O. The Balaban J connectivity index is 1.98. The molecule has 3 atom stereocenters. The van der Waals surface area contributed by atoms with E-state index in [1.54, 1.807) is 7.11 Å². The summed E-state index contributed by atoms with van der Waals surface area (Å²) in [6.07, 6.45) is 6.90. The van der Waals surface area contributed by atoms with Gasteiger partial charge in [-0.25, -0.2) is 0 Å². The van der Waals surface area contributed by atoms with Gasteiger partial charge in [0.2, 0.25) is 0 Å². The normalized spacial score (nSPS) is 30.5. The Labute approximate surface area is 129 Å². The van der Waals surface area contributed by atoms with Gasteiger partial charge in [-0.05, 0) is 57.9 Å². The summed E-state index contributed by atoms with van der Waals surface area (Å²) in [6.45, 7) is 7.24. The first kappa shape index (κ1) is 16.7. The molecule has 4 nitrogen and oxygen atoms in total. The van der Waals surface area contributed by atoms with Gasteiger partial charge in [0, 0.05) is 25.7 Å². The maximum Gasteiger partial charge on any atom is 0.108 e. The third-order valence-corrected chi connectivity index (χ3v) is 5.27. The predicted octanol–water partition coefficient (Wildman–Crippen LogP) is 2.55. The van der Waals surface area contributed by atoms with Crippen molar-refractivity contribution in [3.05, 3.63) is 0 Å². The summed E-state index contributed by atoms with van der Waals surface area (Å²) >= 11 is 0. The van der Waals surface area contributed by atoms with Crippen LogP contribution in [0.15, 0.2) is 0 Å². The summed E-state index contributed by atoms with van der Waals surface area (Å²) < 4.78 is 5.30. The molecule has 0 bridgehead atoms. The number of nitriles is 1. The van der Waals surface area contributed by atoms with Gasteiger partial charge in [0.15, 0.2) is 0 Å². The number of methoxy groups -OCH3 is 1. The van der Waals surface area contributed by atoms with E-state index in [9.17, 15) is 5.26 Å². The molecule has 4 heteroatoms. The molecule has 0 aromatic carbocycles. The fourth-order valence-electron chi connectivity index (χ4n) is 3.73. The largest absolute Gasteiger partial charge is 0.383 e. The van der Waals surface area contributed by atoms with E-state index in [1.807, 2.05) is 0 Å². The lowest BCUT2D eigenvalue weighted by Gasteiger charge is -2.35. The van der Waals surface area contributed by atoms with Gasteiger partial charge in [-0.15, -0.1) is 0 Å². The summed E-state index contributed by atoms with van der Waals surface area (Å²) in [4.78, 5) is 2.62. The first-order chi connectivity index (χ1) is 10.2. The van der Waals surface area contributed by atoms with Gasteiger partial charge in [0.25, 0.3) is 0 Å². The Kier molecular flexibility index (Phi) is 6.04. The van der Waals surface area contributed by atoms with Gasteiger partial charge < -0.3 is 4.74 Å². The first-order valence-electron chi connectivity index (χ1n) is 8.56. The Morgan fingerprint density at radius 1 is 1.43 bits per heavy atom. The molecule has 2 saturated carbocycles. The molecule has 2 fully saturated rings. The van der Waals surface area contributed by atoms with Crippen molar-refractivity contribution in [2.45, 2.75) is 70.0 Å². The molecule has 0 spiro atoms. The summed E-state index contributed by atoms with van der Waals surface area (Å²) in [7, 11) is 1.77. The van der Waals surface area contributed by atoms with Gasteiger partial charge in [-0.1, -0.05) is 6.92 Å². The highest BCUT2D eigenvalue weighted by Crippen LogP contribution is 2.40. The van der Waals surface area contributed by atoms with E-state index in [4.69, 9.17) is 4.74 Å². The highest BCUT2D eigenvalue weighted by Gasteiger charge is 2.44. The van der Waals surface area contributed by atoms with Crippen molar-refractivity contribution in [3.63, 3.8) is 0 Å². The third kappa shape index (κ3) is 4.18. The van der Waals surface area contributed by atoms with Crippen molar-refractivity contribution in [2.24, 2.45) is 5.92 Å². The number of hydrogen-bond donors (Lipinski definition) is 1. The van der Waals surface area contributed by atoms with E-state index in [0.29, 0.717) is 12.1 Å². The van der Waals surface area contributed by atoms with Crippen molar-refractivity contribution in [2.75, 3.05) is 26.8 Å². The molecule has 3 unspecified atom stereocenters. The number of nitrogens with one attached hydrogen (secondary N) is 1. The van der Waals surface area contributed by atoms with Gasteiger partial charge in [0.1, 0.15) is 5.54 Å². The minimum atomic E-state index is -0.296. The van der Waals surface area contributed by atoms with Gasteiger partial charge in [-0.3, -0.25) is 10.2 Å². The van der Waals surface area contributed by atoms with Crippen LogP contribution in [0.3, 0.4) is 0 Å². The third-order valence-electron chi connectivity index (χ3n) is 5.27. The molecule has 0 saturated heterocycles. The minimum Gasteiger partial charge on any atom is -0.383 e. The zero-order chi connectivity index (χ0) is 15.3. The van der Waals surface area contributed by atoms with E-state index < -0.39 is 0 Å². The Hall–Kier alpha value is -0.630. The van der Waals surface area contributed by atoms with Gasteiger partial charge in [0.05, 0.1) is 12.7 Å². The molecule has 0 radical (unpaired) electrons. The van der Waals surface area contributed by atoms with Crippen molar-refractivity contribution in [1.29, 1.82) is 5.26 Å². The number of ether oxygens (including phenoxy) is 1. The maximum atomic E-state index is 9.62. The SMILES string of the molecule is CCCNC1(C#N)CCC(N(CCOC)C(C)C2CC2)C1. The summed E-state index contributed by atoms with van der Waals surface area (Å²) in [6, 6.07) is 3.73. The van der Waals surface area contributed by atoms with Crippen LogP contribution in [0.4, 0.5) is 0 Å². The van der Waals surface area contributed by atoms with Crippen molar-refractivity contribution in [3.8, 4) is 6.07 Å². The zero-order valence-electron chi connectivity index (χ0n) is 13.9. The first-order valence-corrected chi connectivity index (χ1v) is 8.56. The molecule has 0 amide bonds. The monoisotopic (exact) mass is 293 g/mol. The number of hydrogen-bond acceptors (Lipinski definition) is 4. The van der Waals surface area contributed by atoms with Gasteiger partial charge >= 0.3 is 0 Å². The zero-order valence-corrected chi connectivity index (χ0v) is 13.9. The Morgan fingerprint density at radius 3 is 2.76 bits per heavy atom. The molecule has 120 valence electrons. The molecule has 0 aromatic heterocycles. The van der Waals surface area contributed by atoms with Crippen LogP contribution >= 0.6 is 0 Å². The van der Waals surface area contributed by atoms with Crippen LogP contribution in [0.2, 0.25) is 0 Å². The lowest BCUT2D eigenvalue weighted by Crippen LogP contribution is -2.47. The molecule has 0 aromatic rings.